The zero-order valence-electron chi connectivity index (χ0n) is 20.6. The molecule has 0 radical (unpaired) electrons. The molecule has 2 aliphatic heterocycles. The summed E-state index contributed by atoms with van der Waals surface area (Å²) in [6.45, 7) is 4.61. The Hall–Kier alpha value is -4.00. The summed E-state index contributed by atoms with van der Waals surface area (Å²) in [7, 11) is 2.22. The monoisotopic (exact) mass is 543 g/mol. The normalized spacial score (nSPS) is 17.1. The van der Waals surface area contributed by atoms with Gasteiger partial charge in [0.1, 0.15) is 5.03 Å². The number of aromatic nitrogens is 1. The second-order valence-electron chi connectivity index (χ2n) is 8.19. The van der Waals surface area contributed by atoms with E-state index in [0.29, 0.717) is 30.3 Å². The van der Waals surface area contributed by atoms with Crippen LogP contribution in [0.4, 0.5) is 0 Å². The molecule has 0 saturated carbocycles. The molecule has 2 aromatic rings. The number of piperazine rings is 1. The number of carbonyl (C=O) groups is 4. The molecule has 4 N–H and O–H groups in total. The van der Waals surface area contributed by atoms with E-state index in [4.69, 9.17) is 20.4 Å². The van der Waals surface area contributed by atoms with Crippen molar-refractivity contribution in [3.05, 3.63) is 78.0 Å². The Morgan fingerprint density at radius 1 is 0.816 bits per heavy atom. The standard InChI is InChI=1S/C18H21N3S.2C4H4O4/c1-20-9-11-21(12-10-20)16-13-14-5-4-8-19-18(14)22-17-7-3-2-6-15(16)17;2*5-3(6)1-2-4(7)8/h2-8,16H,9-13H2,1H3;2*1-2H,(H,5,6)(H,7,8)/b;2*2-1-. The fourth-order valence-corrected chi connectivity index (χ4v) is 4.76. The summed E-state index contributed by atoms with van der Waals surface area (Å²) >= 11 is 1.82. The van der Waals surface area contributed by atoms with Gasteiger partial charge in [-0.3, -0.25) is 4.90 Å². The molecule has 202 valence electrons. The first-order valence-corrected chi connectivity index (χ1v) is 12.3. The number of hydrogen-bond acceptors (Lipinski definition) is 8. The van der Waals surface area contributed by atoms with E-state index in [9.17, 15) is 19.2 Å². The molecule has 1 aromatic heterocycles. The van der Waals surface area contributed by atoms with Crippen LogP contribution in [0.15, 0.2) is 76.8 Å². The predicted molar refractivity (Wildman–Crippen MR) is 139 cm³/mol. The summed E-state index contributed by atoms with van der Waals surface area (Å²) < 4.78 is 0. The van der Waals surface area contributed by atoms with Crippen LogP contribution < -0.4 is 0 Å². The largest absolute Gasteiger partial charge is 0.478 e. The highest BCUT2D eigenvalue weighted by molar-refractivity contribution is 7.99. The van der Waals surface area contributed by atoms with Crippen molar-refractivity contribution in [3.63, 3.8) is 0 Å². The minimum atomic E-state index is -1.26. The predicted octanol–water partition coefficient (Wildman–Crippen LogP) is 2.50. The van der Waals surface area contributed by atoms with Gasteiger partial charge >= 0.3 is 23.9 Å². The third kappa shape index (κ3) is 10.5. The van der Waals surface area contributed by atoms with Gasteiger partial charge in [-0.15, -0.1) is 0 Å². The van der Waals surface area contributed by atoms with E-state index in [0.717, 1.165) is 32.6 Å². The van der Waals surface area contributed by atoms with Gasteiger partial charge in [-0.1, -0.05) is 36.0 Å². The highest BCUT2D eigenvalue weighted by Crippen LogP contribution is 2.41. The van der Waals surface area contributed by atoms with E-state index >= 15 is 0 Å². The van der Waals surface area contributed by atoms with Gasteiger partial charge in [-0.2, -0.15) is 0 Å². The van der Waals surface area contributed by atoms with Crippen molar-refractivity contribution in [1.82, 2.24) is 14.8 Å². The summed E-state index contributed by atoms with van der Waals surface area (Å²) in [5.41, 5.74) is 2.85. The fourth-order valence-electron chi connectivity index (χ4n) is 3.69. The third-order valence-corrected chi connectivity index (χ3v) is 6.62. The number of benzene rings is 1. The molecule has 0 amide bonds. The maximum atomic E-state index is 9.55. The Bertz CT molecular complexity index is 1130. The van der Waals surface area contributed by atoms with Gasteiger partial charge in [-0.25, -0.2) is 24.2 Å². The Morgan fingerprint density at radius 2 is 1.34 bits per heavy atom. The number of likely N-dealkylation sites (N-methyl/N-ethyl adjacent to an activating group) is 1. The average molecular weight is 544 g/mol. The zero-order valence-corrected chi connectivity index (χ0v) is 21.5. The van der Waals surface area contributed by atoms with Gasteiger partial charge < -0.3 is 25.3 Å². The van der Waals surface area contributed by atoms with Crippen LogP contribution >= 0.6 is 11.8 Å². The van der Waals surface area contributed by atoms with E-state index in [1.165, 1.54) is 21.0 Å². The minimum Gasteiger partial charge on any atom is -0.478 e. The molecule has 0 spiro atoms. The van der Waals surface area contributed by atoms with Crippen molar-refractivity contribution in [2.24, 2.45) is 0 Å². The van der Waals surface area contributed by atoms with Crippen molar-refractivity contribution in [3.8, 4) is 0 Å². The average Bonchev–Trinajstić information content (AvgIpc) is 3.04. The molecule has 1 saturated heterocycles. The Labute approximate surface area is 223 Å². The summed E-state index contributed by atoms with van der Waals surface area (Å²) in [6, 6.07) is 13.6. The molecular formula is C26H29N3O8S. The van der Waals surface area contributed by atoms with Gasteiger partial charge in [0.15, 0.2) is 0 Å². The molecule has 1 unspecified atom stereocenters. The lowest BCUT2D eigenvalue weighted by Gasteiger charge is -2.38. The molecule has 0 aliphatic carbocycles. The van der Waals surface area contributed by atoms with E-state index in [1.807, 2.05) is 18.0 Å². The lowest BCUT2D eigenvalue weighted by Crippen LogP contribution is -2.46. The zero-order chi connectivity index (χ0) is 28.1. The van der Waals surface area contributed by atoms with E-state index in [1.54, 1.807) is 0 Å². The SMILES string of the molecule is CN1CCN(C2Cc3cccnc3Sc3ccccc32)CC1.O=C(O)/C=C\C(=O)O.O=C(O)/C=C\C(=O)O. The van der Waals surface area contributed by atoms with Gasteiger partial charge in [0.2, 0.25) is 0 Å². The second kappa shape index (κ2) is 15.3. The number of nitrogens with zero attached hydrogens (tertiary/aromatic N) is 3. The minimum absolute atomic E-state index is 0.475. The van der Waals surface area contributed by atoms with Gasteiger partial charge in [0.05, 0.1) is 0 Å². The summed E-state index contributed by atoms with van der Waals surface area (Å²) in [6.07, 6.45) is 5.21. The van der Waals surface area contributed by atoms with Crippen LogP contribution in [-0.2, 0) is 25.6 Å². The third-order valence-electron chi connectivity index (χ3n) is 5.46. The lowest BCUT2D eigenvalue weighted by atomic mass is 9.97. The van der Waals surface area contributed by atoms with E-state index < -0.39 is 23.9 Å². The maximum Gasteiger partial charge on any atom is 0.328 e. The van der Waals surface area contributed by atoms with Crippen LogP contribution in [0.2, 0.25) is 0 Å². The van der Waals surface area contributed by atoms with Gasteiger partial charge in [0.25, 0.3) is 0 Å². The Morgan fingerprint density at radius 3 is 1.87 bits per heavy atom. The van der Waals surface area contributed by atoms with Crippen LogP contribution in [0, 0.1) is 0 Å². The molecule has 1 aromatic carbocycles. The van der Waals surface area contributed by atoms with Crippen molar-refractivity contribution in [2.45, 2.75) is 22.4 Å². The number of pyridine rings is 1. The summed E-state index contributed by atoms with van der Waals surface area (Å²) in [5.74, 6) is -5.03. The number of rotatable bonds is 5. The topological polar surface area (TPSA) is 169 Å². The van der Waals surface area contributed by atoms with Crippen molar-refractivity contribution < 1.29 is 39.6 Å². The summed E-state index contributed by atoms with van der Waals surface area (Å²) in [5, 5.41) is 32.4. The van der Waals surface area contributed by atoms with Crippen LogP contribution in [0.3, 0.4) is 0 Å². The van der Waals surface area contributed by atoms with Crippen LogP contribution in [-0.4, -0.2) is 92.3 Å². The lowest BCUT2D eigenvalue weighted by molar-refractivity contribution is -0.134. The maximum absolute atomic E-state index is 9.55. The number of carboxylic acids is 4. The summed E-state index contributed by atoms with van der Waals surface area (Å²) in [4.78, 5) is 49.3. The van der Waals surface area contributed by atoms with E-state index in [2.05, 4.69) is 58.2 Å². The molecule has 38 heavy (non-hydrogen) atoms. The Balaban J connectivity index is 0.000000264. The highest BCUT2D eigenvalue weighted by atomic mass is 32.2. The smallest absolute Gasteiger partial charge is 0.328 e. The number of aliphatic carboxylic acids is 4. The second-order valence-corrected chi connectivity index (χ2v) is 9.22. The molecule has 0 bridgehead atoms. The number of carboxylic acid groups (broad SMARTS) is 4. The van der Waals surface area contributed by atoms with Crippen molar-refractivity contribution in [1.29, 1.82) is 0 Å². The molecule has 1 atom stereocenters. The quantitative estimate of drug-likeness (QED) is 0.407. The van der Waals surface area contributed by atoms with Gasteiger partial charge in [-0.05, 0) is 36.7 Å². The highest BCUT2D eigenvalue weighted by Gasteiger charge is 2.29. The molecule has 11 nitrogen and oxygen atoms in total. The Kier molecular flexibility index (Phi) is 12.2. The first kappa shape index (κ1) is 30.2. The molecule has 12 heteroatoms. The van der Waals surface area contributed by atoms with Gasteiger partial charge in [0, 0.05) is 67.6 Å². The fraction of sp³-hybridized carbons (Fsp3) is 0.269. The van der Waals surface area contributed by atoms with Crippen LogP contribution in [0.5, 0.6) is 0 Å². The number of fused-ring (bicyclic) bond motifs is 2. The van der Waals surface area contributed by atoms with Crippen LogP contribution in [0.1, 0.15) is 17.2 Å². The molecule has 4 rings (SSSR count). The molecule has 1 fully saturated rings. The molecular weight excluding hydrogens is 514 g/mol. The first-order valence-electron chi connectivity index (χ1n) is 11.5. The van der Waals surface area contributed by atoms with Crippen molar-refractivity contribution in [2.75, 3.05) is 33.2 Å². The number of hydrogen-bond donors (Lipinski definition) is 4. The molecule has 3 heterocycles. The van der Waals surface area contributed by atoms with E-state index in [-0.39, 0.29) is 0 Å². The van der Waals surface area contributed by atoms with Crippen molar-refractivity contribution >= 4 is 35.6 Å². The van der Waals surface area contributed by atoms with Crippen LogP contribution in [0.25, 0.3) is 0 Å². The first-order chi connectivity index (χ1) is 18.1. The molecule has 2 aliphatic rings.